The van der Waals surface area contributed by atoms with Crippen LogP contribution in [0.25, 0.3) is 0 Å². The molecule has 0 atom stereocenters. The van der Waals surface area contributed by atoms with E-state index in [1.165, 1.54) is 6.21 Å². The number of nitrogens with zero attached hydrogens (tertiary/aromatic N) is 2. The predicted molar refractivity (Wildman–Crippen MR) is 103 cm³/mol. The van der Waals surface area contributed by atoms with Crippen molar-refractivity contribution in [1.29, 1.82) is 0 Å². The third kappa shape index (κ3) is 5.84. The molecule has 2 rings (SSSR count). The van der Waals surface area contributed by atoms with Crippen molar-refractivity contribution in [2.45, 2.75) is 13.8 Å². The van der Waals surface area contributed by atoms with Crippen LogP contribution in [0.4, 0.5) is 5.82 Å². The summed E-state index contributed by atoms with van der Waals surface area (Å²) in [5, 5.41) is 12.2. The average molecular weight is 411 g/mol. The molecule has 28 heavy (non-hydrogen) atoms. The lowest BCUT2D eigenvalue weighted by Gasteiger charge is -2.13. The van der Waals surface area contributed by atoms with Gasteiger partial charge in [0.25, 0.3) is 11.5 Å². The molecule has 11 nitrogen and oxygen atoms in total. The maximum absolute atomic E-state index is 11.8. The van der Waals surface area contributed by atoms with Crippen molar-refractivity contribution in [2.75, 3.05) is 25.1 Å². The first-order valence-electron chi connectivity index (χ1n) is 8.28. The van der Waals surface area contributed by atoms with E-state index in [1.54, 1.807) is 12.1 Å². The number of ether oxygens (including phenoxy) is 2. The van der Waals surface area contributed by atoms with E-state index >= 15 is 0 Å². The molecule has 0 radical (unpaired) electrons. The molecule has 1 aromatic heterocycles. The van der Waals surface area contributed by atoms with Gasteiger partial charge in [-0.2, -0.15) is 5.10 Å². The topological polar surface area (TPSA) is 151 Å². The van der Waals surface area contributed by atoms with E-state index in [2.05, 4.69) is 20.9 Å². The van der Waals surface area contributed by atoms with Crippen LogP contribution in [0.5, 0.6) is 11.5 Å². The molecule has 2 aromatic rings. The Morgan fingerprint density at radius 2 is 2.04 bits per heavy atom. The smallest absolute Gasteiger partial charge is 0.342 e. The summed E-state index contributed by atoms with van der Waals surface area (Å²) >= 11 is 6.21. The summed E-state index contributed by atoms with van der Waals surface area (Å²) in [5.41, 5.74) is 1.38. The van der Waals surface area contributed by atoms with Gasteiger partial charge in [0.15, 0.2) is 11.5 Å². The fourth-order valence-electron chi connectivity index (χ4n) is 2.06. The molecule has 0 aliphatic heterocycles. The third-order valence-electron chi connectivity index (χ3n) is 3.15. The van der Waals surface area contributed by atoms with Gasteiger partial charge in [-0.15, -0.1) is 5.10 Å². The summed E-state index contributed by atoms with van der Waals surface area (Å²) in [5.74, 6) is 0.175. The van der Waals surface area contributed by atoms with E-state index in [0.29, 0.717) is 35.3 Å². The molecule has 0 aliphatic carbocycles. The number of hydrogen-bond donors (Lipinski definition) is 4. The van der Waals surface area contributed by atoms with Crippen LogP contribution in [0, 0.1) is 0 Å². The van der Waals surface area contributed by atoms with Gasteiger partial charge in [0.05, 0.1) is 31.0 Å². The van der Waals surface area contributed by atoms with E-state index in [1.807, 2.05) is 23.9 Å². The zero-order valence-corrected chi connectivity index (χ0v) is 15.9. The van der Waals surface area contributed by atoms with Gasteiger partial charge in [0.2, 0.25) is 5.82 Å². The largest absolute Gasteiger partial charge is 0.490 e. The van der Waals surface area contributed by atoms with Gasteiger partial charge in [-0.25, -0.2) is 15.3 Å². The highest BCUT2D eigenvalue weighted by Gasteiger charge is 2.11. The van der Waals surface area contributed by atoms with Crippen molar-refractivity contribution in [1.82, 2.24) is 20.6 Å². The van der Waals surface area contributed by atoms with Crippen molar-refractivity contribution in [3.63, 3.8) is 0 Å². The third-order valence-corrected chi connectivity index (χ3v) is 3.43. The molecule has 1 amide bonds. The zero-order valence-electron chi connectivity index (χ0n) is 15.2. The number of amides is 1. The van der Waals surface area contributed by atoms with E-state index in [9.17, 15) is 14.4 Å². The molecule has 0 fully saturated rings. The van der Waals surface area contributed by atoms with Gasteiger partial charge in [-0.1, -0.05) is 11.6 Å². The lowest BCUT2D eigenvalue weighted by atomic mass is 10.2. The van der Waals surface area contributed by atoms with Crippen molar-refractivity contribution in [2.24, 2.45) is 5.10 Å². The predicted octanol–water partition coefficient (Wildman–Crippen LogP) is 0.471. The van der Waals surface area contributed by atoms with Gasteiger partial charge in [0, 0.05) is 0 Å². The monoisotopic (exact) mass is 410 g/mol. The Bertz CT molecular complexity index is 971. The second-order valence-corrected chi connectivity index (χ2v) is 5.61. The first kappa shape index (κ1) is 21.0. The van der Waals surface area contributed by atoms with Crippen molar-refractivity contribution >= 4 is 29.5 Å². The number of carbonyl (C=O) groups is 1. The Morgan fingerprint density at radius 1 is 1.29 bits per heavy atom. The van der Waals surface area contributed by atoms with E-state index < -0.39 is 17.2 Å². The first-order valence-corrected chi connectivity index (χ1v) is 8.66. The summed E-state index contributed by atoms with van der Waals surface area (Å²) < 4.78 is 11.0. The molecule has 12 heteroatoms. The molecule has 1 aromatic carbocycles. The van der Waals surface area contributed by atoms with Crippen LogP contribution in [0.2, 0.25) is 5.02 Å². The standard InChI is InChI=1S/C16H19ClN6O5/c1-3-27-11-6-9(5-10(17)13(11)28-4-2)7-19-21-12(24)8-18-14-15(25)20-16(26)23-22-14/h5-7H,3-4,8H2,1-2H3,(H,18,22)(H,21,24)(H2,20,23,25,26)/b19-7+. The lowest BCUT2D eigenvalue weighted by Crippen LogP contribution is -2.31. The minimum atomic E-state index is -0.745. The highest BCUT2D eigenvalue weighted by atomic mass is 35.5. The summed E-state index contributed by atoms with van der Waals surface area (Å²) in [6.45, 7) is 4.25. The van der Waals surface area contributed by atoms with Crippen LogP contribution < -0.4 is 31.5 Å². The molecule has 150 valence electrons. The molecule has 0 saturated carbocycles. The van der Waals surface area contributed by atoms with Gasteiger partial charge in [0.1, 0.15) is 0 Å². The molecule has 0 aliphatic rings. The van der Waals surface area contributed by atoms with Gasteiger partial charge < -0.3 is 14.8 Å². The maximum atomic E-state index is 11.8. The average Bonchev–Trinajstić information content (AvgIpc) is 2.64. The fraction of sp³-hybridized carbons (Fsp3) is 0.312. The minimum Gasteiger partial charge on any atom is -0.490 e. The first-order chi connectivity index (χ1) is 13.4. The number of aromatic amines is 2. The highest BCUT2D eigenvalue weighted by Crippen LogP contribution is 2.36. The van der Waals surface area contributed by atoms with E-state index in [4.69, 9.17) is 21.1 Å². The van der Waals surface area contributed by atoms with Crippen molar-refractivity contribution < 1.29 is 14.3 Å². The van der Waals surface area contributed by atoms with Crippen LogP contribution in [-0.4, -0.2) is 47.1 Å². The molecule has 0 bridgehead atoms. The number of aromatic nitrogens is 3. The van der Waals surface area contributed by atoms with E-state index in [-0.39, 0.29) is 12.4 Å². The van der Waals surface area contributed by atoms with Crippen LogP contribution in [0.15, 0.2) is 26.8 Å². The number of carbonyl (C=O) groups excluding carboxylic acids is 1. The van der Waals surface area contributed by atoms with Crippen LogP contribution in [0.1, 0.15) is 19.4 Å². The van der Waals surface area contributed by atoms with Gasteiger partial charge in [-0.05, 0) is 31.5 Å². The summed E-state index contributed by atoms with van der Waals surface area (Å²) in [6.07, 6.45) is 1.38. The molecular formula is C16H19ClN6O5. The van der Waals surface area contributed by atoms with Crippen LogP contribution in [0.3, 0.4) is 0 Å². The molecular weight excluding hydrogens is 392 g/mol. The summed E-state index contributed by atoms with van der Waals surface area (Å²) in [6, 6.07) is 3.30. The molecule has 0 spiro atoms. The Kier molecular flexibility index (Phi) is 7.57. The SMILES string of the molecule is CCOc1cc(/C=N/NC(=O)CNc2n[nH]c(=O)[nH]c2=O)cc(Cl)c1OCC. The molecule has 4 N–H and O–H groups in total. The Labute approximate surface area is 164 Å². The molecule has 0 saturated heterocycles. The van der Waals surface area contributed by atoms with Gasteiger partial charge >= 0.3 is 5.69 Å². The number of hydrogen-bond acceptors (Lipinski definition) is 8. The normalized spacial score (nSPS) is 10.7. The number of rotatable bonds is 9. The number of benzene rings is 1. The molecule has 0 unspecified atom stereocenters. The lowest BCUT2D eigenvalue weighted by molar-refractivity contribution is -0.119. The Morgan fingerprint density at radius 3 is 2.71 bits per heavy atom. The van der Waals surface area contributed by atoms with E-state index in [0.717, 1.165) is 0 Å². The second kappa shape index (κ2) is 10.1. The quantitative estimate of drug-likeness (QED) is 0.346. The Hall–Kier alpha value is -3.34. The second-order valence-electron chi connectivity index (χ2n) is 5.20. The Balaban J connectivity index is 1.98. The van der Waals surface area contributed by atoms with Gasteiger partial charge in [-0.3, -0.25) is 14.6 Å². The van der Waals surface area contributed by atoms with Crippen molar-refractivity contribution in [3.8, 4) is 11.5 Å². The number of halogens is 1. The fourth-order valence-corrected chi connectivity index (χ4v) is 2.33. The van der Waals surface area contributed by atoms with Crippen LogP contribution in [-0.2, 0) is 4.79 Å². The van der Waals surface area contributed by atoms with Crippen LogP contribution >= 0.6 is 11.6 Å². The number of hydrazone groups is 1. The number of nitrogens with one attached hydrogen (secondary N) is 4. The summed E-state index contributed by atoms with van der Waals surface area (Å²) in [4.78, 5) is 36.1. The summed E-state index contributed by atoms with van der Waals surface area (Å²) in [7, 11) is 0. The van der Waals surface area contributed by atoms with Crippen molar-refractivity contribution in [3.05, 3.63) is 43.6 Å². The maximum Gasteiger partial charge on any atom is 0.342 e. The number of H-pyrrole nitrogens is 2. The minimum absolute atomic E-state index is 0.196. The number of anilines is 1. The molecule has 1 heterocycles. The highest BCUT2D eigenvalue weighted by molar-refractivity contribution is 6.32. The zero-order chi connectivity index (χ0) is 20.5.